The first-order chi connectivity index (χ1) is 6.38. The number of rotatable bonds is 0. The molecule has 1 N–H and O–H groups in total. The van der Waals surface area contributed by atoms with Gasteiger partial charge in [0.15, 0.2) is 0 Å². The quantitative estimate of drug-likeness (QED) is 0.622. The van der Waals surface area contributed by atoms with E-state index in [1.165, 1.54) is 10.8 Å². The summed E-state index contributed by atoms with van der Waals surface area (Å²) in [4.78, 5) is 12.4. The predicted molar refractivity (Wildman–Crippen MR) is 50.4 cm³/mol. The SMILES string of the molecule is O=CO.c1ccc2cnccc2c1. The number of hydrogen-bond donors (Lipinski definition) is 1. The number of carbonyl (C=O) groups is 1. The van der Waals surface area contributed by atoms with Crippen LogP contribution in [-0.2, 0) is 4.79 Å². The van der Waals surface area contributed by atoms with Gasteiger partial charge in [-0.15, -0.1) is 0 Å². The average Bonchev–Trinajstić information content (AvgIpc) is 2.19. The zero-order valence-electron chi connectivity index (χ0n) is 6.92. The van der Waals surface area contributed by atoms with E-state index < -0.39 is 0 Å². The Kier molecular flexibility index (Phi) is 3.45. The molecular formula is C10H9NO2. The van der Waals surface area contributed by atoms with Crippen molar-refractivity contribution in [2.75, 3.05) is 0 Å². The minimum absolute atomic E-state index is 0.250. The second-order valence-corrected chi connectivity index (χ2v) is 2.33. The number of benzene rings is 1. The molecular weight excluding hydrogens is 166 g/mol. The van der Waals surface area contributed by atoms with Crippen LogP contribution in [0.5, 0.6) is 0 Å². The van der Waals surface area contributed by atoms with Gasteiger partial charge in [-0.2, -0.15) is 0 Å². The molecule has 1 aromatic heterocycles. The second kappa shape index (κ2) is 4.87. The molecule has 0 saturated heterocycles. The molecule has 0 saturated carbocycles. The molecule has 0 aliphatic heterocycles. The maximum Gasteiger partial charge on any atom is 0.290 e. The van der Waals surface area contributed by atoms with Crippen molar-refractivity contribution in [1.29, 1.82) is 0 Å². The smallest absolute Gasteiger partial charge is 0.290 e. The van der Waals surface area contributed by atoms with E-state index in [1.54, 1.807) is 0 Å². The Hall–Kier alpha value is -1.90. The summed E-state index contributed by atoms with van der Waals surface area (Å²) in [7, 11) is 0. The summed E-state index contributed by atoms with van der Waals surface area (Å²) in [6.45, 7) is -0.250. The van der Waals surface area contributed by atoms with Crippen molar-refractivity contribution in [2.24, 2.45) is 0 Å². The highest BCUT2D eigenvalue weighted by Gasteiger charge is 1.86. The monoisotopic (exact) mass is 175 g/mol. The van der Waals surface area contributed by atoms with Crippen LogP contribution in [0.25, 0.3) is 10.8 Å². The van der Waals surface area contributed by atoms with Gasteiger partial charge in [-0.1, -0.05) is 24.3 Å². The van der Waals surface area contributed by atoms with E-state index >= 15 is 0 Å². The van der Waals surface area contributed by atoms with Crippen LogP contribution in [0, 0.1) is 0 Å². The number of nitrogens with zero attached hydrogens (tertiary/aromatic N) is 1. The fourth-order valence-corrected chi connectivity index (χ4v) is 1.03. The second-order valence-electron chi connectivity index (χ2n) is 2.33. The van der Waals surface area contributed by atoms with Crippen molar-refractivity contribution >= 4 is 17.2 Å². The third-order valence-corrected chi connectivity index (χ3v) is 1.55. The highest BCUT2D eigenvalue weighted by Crippen LogP contribution is 2.09. The molecule has 0 unspecified atom stereocenters. The van der Waals surface area contributed by atoms with Gasteiger partial charge >= 0.3 is 0 Å². The molecule has 2 aromatic rings. The molecule has 2 rings (SSSR count). The Morgan fingerprint density at radius 3 is 2.38 bits per heavy atom. The first-order valence-corrected chi connectivity index (χ1v) is 3.75. The summed E-state index contributed by atoms with van der Waals surface area (Å²) in [5.41, 5.74) is 0. The molecule has 1 heterocycles. The zero-order chi connectivity index (χ0) is 9.52. The van der Waals surface area contributed by atoms with E-state index in [4.69, 9.17) is 9.90 Å². The Bertz CT molecular complexity index is 322. The summed E-state index contributed by atoms with van der Waals surface area (Å²) in [6.07, 6.45) is 3.68. The molecule has 0 fully saturated rings. The maximum atomic E-state index is 8.36. The lowest BCUT2D eigenvalue weighted by Gasteiger charge is -1.91. The van der Waals surface area contributed by atoms with Crippen molar-refractivity contribution in [2.45, 2.75) is 0 Å². The number of fused-ring (bicyclic) bond motifs is 1. The van der Waals surface area contributed by atoms with Crippen LogP contribution in [0.2, 0.25) is 0 Å². The fraction of sp³-hybridized carbons (Fsp3) is 0. The molecule has 0 radical (unpaired) electrons. The van der Waals surface area contributed by atoms with Gasteiger partial charge in [-0.05, 0) is 16.8 Å². The molecule has 0 spiro atoms. The van der Waals surface area contributed by atoms with Crippen molar-refractivity contribution in [3.05, 3.63) is 42.7 Å². The molecule has 0 atom stereocenters. The van der Waals surface area contributed by atoms with E-state index in [1.807, 2.05) is 30.6 Å². The minimum Gasteiger partial charge on any atom is -0.483 e. The first-order valence-electron chi connectivity index (χ1n) is 3.75. The zero-order valence-corrected chi connectivity index (χ0v) is 6.92. The number of carboxylic acid groups (broad SMARTS) is 1. The van der Waals surface area contributed by atoms with Crippen molar-refractivity contribution in [1.82, 2.24) is 4.98 Å². The molecule has 0 aliphatic rings. The van der Waals surface area contributed by atoms with Crippen LogP contribution < -0.4 is 0 Å². The van der Waals surface area contributed by atoms with Gasteiger partial charge in [0.05, 0.1) is 0 Å². The molecule has 0 bridgehead atoms. The van der Waals surface area contributed by atoms with Gasteiger partial charge in [0.2, 0.25) is 0 Å². The van der Waals surface area contributed by atoms with Gasteiger partial charge in [0, 0.05) is 12.4 Å². The van der Waals surface area contributed by atoms with Crippen molar-refractivity contribution in [3.8, 4) is 0 Å². The molecule has 3 nitrogen and oxygen atoms in total. The standard InChI is InChI=1S/C9H7N.CH2O2/c1-2-4-9-7-10-6-5-8(9)3-1;2-1-3/h1-7H;1H,(H,2,3). The maximum absolute atomic E-state index is 8.36. The average molecular weight is 175 g/mol. The lowest BCUT2D eigenvalue weighted by atomic mass is 10.2. The van der Waals surface area contributed by atoms with Crippen LogP contribution >= 0.6 is 0 Å². The van der Waals surface area contributed by atoms with E-state index in [9.17, 15) is 0 Å². The van der Waals surface area contributed by atoms with Crippen molar-refractivity contribution in [3.63, 3.8) is 0 Å². The third-order valence-electron chi connectivity index (χ3n) is 1.55. The summed E-state index contributed by atoms with van der Waals surface area (Å²) in [5.74, 6) is 0. The van der Waals surface area contributed by atoms with Crippen molar-refractivity contribution < 1.29 is 9.90 Å². The lowest BCUT2D eigenvalue weighted by molar-refractivity contribution is -0.122. The van der Waals surface area contributed by atoms with E-state index in [0.717, 1.165) is 0 Å². The molecule has 66 valence electrons. The summed E-state index contributed by atoms with van der Waals surface area (Å²) in [5, 5.41) is 9.34. The number of aromatic nitrogens is 1. The highest BCUT2D eigenvalue weighted by molar-refractivity contribution is 5.80. The van der Waals surface area contributed by atoms with Crippen LogP contribution in [-0.4, -0.2) is 16.6 Å². The van der Waals surface area contributed by atoms with Crippen LogP contribution in [0.4, 0.5) is 0 Å². The van der Waals surface area contributed by atoms with Crippen LogP contribution in [0.15, 0.2) is 42.7 Å². The lowest BCUT2D eigenvalue weighted by Crippen LogP contribution is -1.71. The van der Waals surface area contributed by atoms with Gasteiger partial charge in [-0.3, -0.25) is 9.78 Å². The molecule has 0 amide bonds. The summed E-state index contributed by atoms with van der Waals surface area (Å²) in [6, 6.07) is 10.2. The predicted octanol–water partition coefficient (Wildman–Crippen LogP) is 1.94. The first kappa shape index (κ1) is 9.19. The minimum atomic E-state index is -0.250. The van der Waals surface area contributed by atoms with E-state index in [2.05, 4.69) is 17.1 Å². The molecule has 3 heteroatoms. The summed E-state index contributed by atoms with van der Waals surface area (Å²) < 4.78 is 0. The van der Waals surface area contributed by atoms with E-state index in [-0.39, 0.29) is 6.47 Å². The van der Waals surface area contributed by atoms with Gasteiger partial charge in [0.1, 0.15) is 0 Å². The van der Waals surface area contributed by atoms with E-state index in [0.29, 0.717) is 0 Å². The number of pyridine rings is 1. The van der Waals surface area contributed by atoms with Gasteiger partial charge in [-0.25, -0.2) is 0 Å². The topological polar surface area (TPSA) is 50.2 Å². The molecule has 13 heavy (non-hydrogen) atoms. The van der Waals surface area contributed by atoms with Gasteiger partial charge < -0.3 is 5.11 Å². The Labute approximate surface area is 75.7 Å². The Morgan fingerprint density at radius 2 is 1.77 bits per heavy atom. The fourth-order valence-electron chi connectivity index (χ4n) is 1.03. The molecule has 0 aliphatic carbocycles. The van der Waals surface area contributed by atoms with Crippen LogP contribution in [0.1, 0.15) is 0 Å². The Balaban J connectivity index is 0.000000251. The largest absolute Gasteiger partial charge is 0.483 e. The third kappa shape index (κ3) is 2.56. The highest BCUT2D eigenvalue weighted by atomic mass is 16.3. The normalized spacial score (nSPS) is 8.62. The van der Waals surface area contributed by atoms with Crippen LogP contribution in [0.3, 0.4) is 0 Å². The Morgan fingerprint density at radius 1 is 1.15 bits per heavy atom. The number of hydrogen-bond acceptors (Lipinski definition) is 2. The summed E-state index contributed by atoms with van der Waals surface area (Å²) >= 11 is 0. The van der Waals surface area contributed by atoms with Gasteiger partial charge in [0.25, 0.3) is 6.47 Å². The molecule has 1 aromatic carbocycles.